The third-order valence-corrected chi connectivity index (χ3v) is 5.88. The van der Waals surface area contributed by atoms with Gasteiger partial charge >= 0.3 is 12.2 Å². The quantitative estimate of drug-likeness (QED) is 0.671. The van der Waals surface area contributed by atoms with E-state index in [9.17, 15) is 18.0 Å². The Morgan fingerprint density at radius 3 is 2.41 bits per heavy atom. The number of hydrogen-bond acceptors (Lipinski definition) is 3. The number of nitrogens with one attached hydrogen (secondary N) is 2. The number of aryl methyl sites for hydroxylation is 1. The lowest BCUT2D eigenvalue weighted by Gasteiger charge is -2.39. The van der Waals surface area contributed by atoms with Crippen LogP contribution in [0.1, 0.15) is 43.6 Å². The van der Waals surface area contributed by atoms with E-state index < -0.39 is 11.7 Å². The van der Waals surface area contributed by atoms with Crippen LogP contribution in [0.4, 0.5) is 18.0 Å². The minimum atomic E-state index is -4.35. The number of amides is 2. The number of likely N-dealkylation sites (tertiary alicyclic amines) is 1. The maximum Gasteiger partial charge on any atom is 0.416 e. The molecule has 1 aliphatic rings. The Kier molecular flexibility index (Phi) is 7.48. The number of rotatable bonds is 6. The van der Waals surface area contributed by atoms with E-state index in [0.29, 0.717) is 23.9 Å². The summed E-state index contributed by atoms with van der Waals surface area (Å²) in [4.78, 5) is 24.4. The lowest BCUT2D eigenvalue weighted by atomic mass is 10.0. The van der Waals surface area contributed by atoms with Crippen LogP contribution in [0.2, 0.25) is 0 Å². The Morgan fingerprint density at radius 1 is 1.25 bits per heavy atom. The monoisotopic (exact) mass is 451 g/mol. The van der Waals surface area contributed by atoms with Crippen LogP contribution in [0.15, 0.2) is 24.3 Å². The van der Waals surface area contributed by atoms with E-state index in [0.717, 1.165) is 56.0 Å². The van der Waals surface area contributed by atoms with Crippen LogP contribution in [0.3, 0.4) is 0 Å². The molecule has 0 aliphatic carbocycles. The summed E-state index contributed by atoms with van der Waals surface area (Å²) in [6.45, 7) is 9.27. The Hall–Kier alpha value is -2.55. The lowest BCUT2D eigenvalue weighted by molar-refractivity contribution is -0.137. The van der Waals surface area contributed by atoms with Gasteiger partial charge in [0.2, 0.25) is 0 Å². The molecule has 1 fully saturated rings. The number of aromatic amines is 1. The van der Waals surface area contributed by atoms with Crippen LogP contribution in [0, 0.1) is 12.8 Å². The fourth-order valence-corrected chi connectivity index (χ4v) is 4.14. The summed E-state index contributed by atoms with van der Waals surface area (Å²) in [5.74, 6) is 0.976. The average Bonchev–Trinajstić information content (AvgIpc) is 3.11. The van der Waals surface area contributed by atoms with E-state index in [-0.39, 0.29) is 12.1 Å². The molecule has 2 heterocycles. The Labute approximate surface area is 187 Å². The van der Waals surface area contributed by atoms with Crippen molar-refractivity contribution >= 4 is 6.03 Å². The largest absolute Gasteiger partial charge is 0.416 e. The van der Waals surface area contributed by atoms with E-state index in [1.165, 1.54) is 12.1 Å². The summed E-state index contributed by atoms with van der Waals surface area (Å²) < 4.78 is 38.4. The van der Waals surface area contributed by atoms with Crippen LogP contribution in [-0.2, 0) is 12.7 Å². The van der Waals surface area contributed by atoms with Crippen molar-refractivity contribution < 1.29 is 18.0 Å². The number of alkyl halides is 3. The highest BCUT2D eigenvalue weighted by molar-refractivity contribution is 5.74. The zero-order valence-electron chi connectivity index (χ0n) is 19.1. The van der Waals surface area contributed by atoms with Gasteiger partial charge in [0.15, 0.2) is 0 Å². The molecule has 3 rings (SSSR count). The standard InChI is InChI=1S/C23H32F3N5O/c1-15(2)13-31(22(32)27-4)19-9-11-30(12-10-19)14-20-16(3)28-21(29-20)17-5-7-18(8-6-17)23(24,25)26/h5-8,15,19H,9-14H2,1-4H3,(H,27,32)(H,28,29). The van der Waals surface area contributed by atoms with Gasteiger partial charge in [-0.2, -0.15) is 13.2 Å². The van der Waals surface area contributed by atoms with Gasteiger partial charge in [0.1, 0.15) is 5.82 Å². The van der Waals surface area contributed by atoms with Crippen molar-refractivity contribution in [3.05, 3.63) is 41.2 Å². The van der Waals surface area contributed by atoms with Crippen LogP contribution in [0.25, 0.3) is 11.4 Å². The molecule has 0 atom stereocenters. The molecule has 9 heteroatoms. The summed E-state index contributed by atoms with van der Waals surface area (Å²) >= 11 is 0. The predicted molar refractivity (Wildman–Crippen MR) is 118 cm³/mol. The number of piperidine rings is 1. The molecule has 0 unspecified atom stereocenters. The zero-order valence-corrected chi connectivity index (χ0v) is 19.1. The molecule has 6 nitrogen and oxygen atoms in total. The van der Waals surface area contributed by atoms with E-state index in [2.05, 4.69) is 34.0 Å². The minimum Gasteiger partial charge on any atom is -0.342 e. The van der Waals surface area contributed by atoms with Gasteiger partial charge in [0.25, 0.3) is 0 Å². The molecular formula is C23H32F3N5O. The SMILES string of the molecule is CNC(=O)N(CC(C)C)C1CCN(Cc2nc(-c3ccc(C(F)(F)F)cc3)[nH]c2C)CC1. The van der Waals surface area contributed by atoms with Gasteiger partial charge in [-0.15, -0.1) is 0 Å². The molecule has 2 aromatic rings. The van der Waals surface area contributed by atoms with Crippen LogP contribution in [-0.4, -0.2) is 58.5 Å². The van der Waals surface area contributed by atoms with Crippen molar-refractivity contribution in [1.82, 2.24) is 25.1 Å². The molecule has 1 aromatic carbocycles. The topological polar surface area (TPSA) is 64.3 Å². The summed E-state index contributed by atoms with van der Waals surface area (Å²) in [5, 5.41) is 2.75. The molecular weight excluding hydrogens is 419 g/mol. The highest BCUT2D eigenvalue weighted by Gasteiger charge is 2.30. The fraction of sp³-hybridized carbons (Fsp3) is 0.565. The number of aromatic nitrogens is 2. The number of hydrogen-bond donors (Lipinski definition) is 2. The number of urea groups is 1. The van der Waals surface area contributed by atoms with Crippen LogP contribution in [0.5, 0.6) is 0 Å². The molecule has 1 aromatic heterocycles. The highest BCUT2D eigenvalue weighted by atomic mass is 19.4. The number of imidazole rings is 1. The lowest BCUT2D eigenvalue weighted by Crippen LogP contribution is -2.51. The number of H-pyrrole nitrogens is 1. The van der Waals surface area contributed by atoms with E-state index >= 15 is 0 Å². The number of carbonyl (C=O) groups excluding carboxylic acids is 1. The van der Waals surface area contributed by atoms with Crippen molar-refractivity contribution in [1.29, 1.82) is 0 Å². The van der Waals surface area contributed by atoms with Crippen molar-refractivity contribution in [3.8, 4) is 11.4 Å². The third kappa shape index (κ3) is 5.82. The van der Waals surface area contributed by atoms with Crippen molar-refractivity contribution in [2.75, 3.05) is 26.7 Å². The van der Waals surface area contributed by atoms with Crippen molar-refractivity contribution in [2.45, 2.75) is 52.4 Å². The first-order valence-electron chi connectivity index (χ1n) is 11.0. The van der Waals surface area contributed by atoms with Gasteiger partial charge < -0.3 is 15.2 Å². The van der Waals surface area contributed by atoms with E-state index in [1.54, 1.807) is 7.05 Å². The highest BCUT2D eigenvalue weighted by Crippen LogP contribution is 2.31. The molecule has 1 saturated heterocycles. The number of halogens is 3. The first-order valence-corrected chi connectivity index (χ1v) is 11.0. The maximum absolute atomic E-state index is 12.8. The van der Waals surface area contributed by atoms with E-state index in [1.807, 2.05) is 11.8 Å². The molecule has 2 N–H and O–H groups in total. The average molecular weight is 452 g/mol. The number of carbonyl (C=O) groups is 1. The van der Waals surface area contributed by atoms with Crippen molar-refractivity contribution in [3.63, 3.8) is 0 Å². The van der Waals surface area contributed by atoms with Gasteiger partial charge in [-0.25, -0.2) is 9.78 Å². The van der Waals surface area contributed by atoms with Crippen molar-refractivity contribution in [2.24, 2.45) is 5.92 Å². The summed E-state index contributed by atoms with van der Waals surface area (Å²) in [7, 11) is 1.67. The molecule has 2 amide bonds. The van der Waals surface area contributed by atoms with E-state index in [4.69, 9.17) is 0 Å². The van der Waals surface area contributed by atoms with Gasteiger partial charge in [-0.3, -0.25) is 4.90 Å². The van der Waals surface area contributed by atoms with Crippen LogP contribution < -0.4 is 5.32 Å². The Balaban J connectivity index is 1.62. The van der Waals surface area contributed by atoms with Crippen LogP contribution >= 0.6 is 0 Å². The second-order valence-electron chi connectivity index (χ2n) is 8.84. The predicted octanol–water partition coefficient (Wildman–Crippen LogP) is 4.67. The van der Waals surface area contributed by atoms with Gasteiger partial charge in [-0.1, -0.05) is 26.0 Å². The molecule has 32 heavy (non-hydrogen) atoms. The van der Waals surface area contributed by atoms with Gasteiger partial charge in [0, 0.05) is 50.5 Å². The molecule has 0 saturated carbocycles. The third-order valence-electron chi connectivity index (χ3n) is 5.88. The Bertz CT molecular complexity index is 899. The summed E-state index contributed by atoms with van der Waals surface area (Å²) in [6.07, 6.45) is -2.55. The summed E-state index contributed by atoms with van der Waals surface area (Å²) in [5.41, 5.74) is 1.76. The second-order valence-corrected chi connectivity index (χ2v) is 8.84. The fourth-order valence-electron chi connectivity index (χ4n) is 4.14. The normalized spacial score (nSPS) is 15.9. The molecule has 0 bridgehead atoms. The zero-order chi connectivity index (χ0) is 23.5. The van der Waals surface area contributed by atoms with Gasteiger partial charge in [0.05, 0.1) is 11.3 Å². The smallest absolute Gasteiger partial charge is 0.342 e. The first-order chi connectivity index (χ1) is 15.1. The Morgan fingerprint density at radius 2 is 1.88 bits per heavy atom. The van der Waals surface area contributed by atoms with Gasteiger partial charge in [-0.05, 0) is 37.8 Å². The molecule has 176 valence electrons. The molecule has 0 spiro atoms. The molecule has 1 aliphatic heterocycles. The second kappa shape index (κ2) is 9.94. The maximum atomic E-state index is 12.8. The number of benzene rings is 1. The summed E-state index contributed by atoms with van der Waals surface area (Å²) in [6, 6.07) is 5.23. The molecule has 0 radical (unpaired) electrons. The minimum absolute atomic E-state index is 0.0264. The first kappa shape index (κ1) is 24.1. The number of nitrogens with zero attached hydrogens (tertiary/aromatic N) is 3.